The molecule has 0 unspecified atom stereocenters. The van der Waals surface area contributed by atoms with Crippen molar-refractivity contribution in [2.24, 2.45) is 0 Å². The van der Waals surface area contributed by atoms with E-state index in [1.165, 1.54) is 16.7 Å². The zero-order valence-electron chi connectivity index (χ0n) is 16.0. The summed E-state index contributed by atoms with van der Waals surface area (Å²) in [5.74, 6) is 1.85. The van der Waals surface area contributed by atoms with Crippen molar-refractivity contribution in [3.05, 3.63) is 64.9 Å². The molecule has 138 valence electrons. The molecule has 5 nitrogen and oxygen atoms in total. The maximum atomic E-state index is 4.94. The number of pyridine rings is 1. The monoisotopic (exact) mass is 385 g/mol. The van der Waals surface area contributed by atoms with Crippen molar-refractivity contribution >= 4 is 37.4 Å². The van der Waals surface area contributed by atoms with Crippen molar-refractivity contribution in [2.75, 3.05) is 0 Å². The minimum Gasteiger partial charge on any atom is -0.242 e. The van der Waals surface area contributed by atoms with E-state index < -0.39 is 0 Å². The SMILES string of the molecule is Cc1ccc([C@H]2C[C@@H]2c2nc3c4sc5nc(C)cc(C)c5c4ncn3n2)cc1. The Hall–Kier alpha value is -2.86. The first-order valence-electron chi connectivity index (χ1n) is 9.57. The van der Waals surface area contributed by atoms with Crippen LogP contribution >= 0.6 is 11.3 Å². The molecule has 0 saturated heterocycles. The maximum Gasteiger partial charge on any atom is 0.176 e. The molecular weight excluding hydrogens is 366 g/mol. The lowest BCUT2D eigenvalue weighted by Crippen LogP contribution is -1.91. The van der Waals surface area contributed by atoms with Crippen molar-refractivity contribution in [3.63, 3.8) is 0 Å². The van der Waals surface area contributed by atoms with Gasteiger partial charge in [-0.25, -0.2) is 19.5 Å². The summed E-state index contributed by atoms with van der Waals surface area (Å²) in [6.07, 6.45) is 2.91. The molecule has 1 saturated carbocycles. The van der Waals surface area contributed by atoms with Crippen LogP contribution in [0.5, 0.6) is 0 Å². The third-order valence-corrected chi connectivity index (χ3v) is 6.81. The van der Waals surface area contributed by atoms with E-state index in [4.69, 9.17) is 20.1 Å². The van der Waals surface area contributed by atoms with E-state index in [9.17, 15) is 0 Å². The van der Waals surface area contributed by atoms with Crippen LogP contribution in [0.15, 0.2) is 36.7 Å². The van der Waals surface area contributed by atoms with Crippen LogP contribution in [-0.2, 0) is 0 Å². The molecule has 6 rings (SSSR count). The molecule has 1 aromatic carbocycles. The van der Waals surface area contributed by atoms with Crippen molar-refractivity contribution in [3.8, 4) is 0 Å². The molecule has 6 heteroatoms. The zero-order chi connectivity index (χ0) is 19.0. The average molecular weight is 385 g/mol. The highest BCUT2D eigenvalue weighted by Crippen LogP contribution is 2.53. The molecule has 2 atom stereocenters. The Labute approximate surface area is 166 Å². The fourth-order valence-electron chi connectivity index (χ4n) is 4.20. The number of benzene rings is 1. The predicted octanol–water partition coefficient (Wildman–Crippen LogP) is 5.08. The van der Waals surface area contributed by atoms with Gasteiger partial charge >= 0.3 is 0 Å². The van der Waals surface area contributed by atoms with Gasteiger partial charge in [-0.1, -0.05) is 29.8 Å². The Kier molecular flexibility index (Phi) is 3.21. The first-order chi connectivity index (χ1) is 13.6. The molecule has 4 aromatic heterocycles. The second kappa shape index (κ2) is 5.58. The number of thiophene rings is 1. The minimum atomic E-state index is 0.397. The first kappa shape index (κ1) is 16.1. The van der Waals surface area contributed by atoms with Gasteiger partial charge in [-0.2, -0.15) is 0 Å². The molecule has 5 aromatic rings. The highest BCUT2D eigenvalue weighted by atomic mass is 32.1. The van der Waals surface area contributed by atoms with Gasteiger partial charge in [0, 0.05) is 17.0 Å². The topological polar surface area (TPSA) is 56.0 Å². The molecule has 0 amide bonds. The van der Waals surface area contributed by atoms with Gasteiger partial charge in [-0.05, 0) is 50.3 Å². The van der Waals surface area contributed by atoms with Crippen LogP contribution in [0.1, 0.15) is 46.5 Å². The summed E-state index contributed by atoms with van der Waals surface area (Å²) in [6, 6.07) is 11.0. The number of nitrogens with zero attached hydrogens (tertiary/aromatic N) is 5. The van der Waals surface area contributed by atoms with Gasteiger partial charge in [0.15, 0.2) is 11.5 Å². The normalized spacial score (nSPS) is 19.1. The Morgan fingerprint density at radius 1 is 1.04 bits per heavy atom. The lowest BCUT2D eigenvalue weighted by atomic mass is 10.1. The first-order valence-corrected chi connectivity index (χ1v) is 10.4. The lowest BCUT2D eigenvalue weighted by Gasteiger charge is -1.99. The van der Waals surface area contributed by atoms with Gasteiger partial charge in [0.1, 0.15) is 15.9 Å². The van der Waals surface area contributed by atoms with Gasteiger partial charge in [-0.15, -0.1) is 16.4 Å². The Morgan fingerprint density at radius 2 is 1.86 bits per heavy atom. The van der Waals surface area contributed by atoms with Gasteiger partial charge in [0.2, 0.25) is 0 Å². The summed E-state index contributed by atoms with van der Waals surface area (Å²) in [5.41, 5.74) is 6.82. The average Bonchev–Trinajstić information content (AvgIpc) is 3.18. The summed E-state index contributed by atoms with van der Waals surface area (Å²) in [6.45, 7) is 6.28. The predicted molar refractivity (Wildman–Crippen MR) is 112 cm³/mol. The third-order valence-electron chi connectivity index (χ3n) is 5.74. The molecule has 1 fully saturated rings. The van der Waals surface area contributed by atoms with Gasteiger partial charge in [-0.3, -0.25) is 0 Å². The van der Waals surface area contributed by atoms with Gasteiger partial charge in [0.05, 0.1) is 5.52 Å². The molecule has 0 aliphatic heterocycles. The van der Waals surface area contributed by atoms with E-state index in [2.05, 4.69) is 44.2 Å². The van der Waals surface area contributed by atoms with E-state index in [1.807, 2.05) is 11.4 Å². The van der Waals surface area contributed by atoms with Crippen molar-refractivity contribution in [1.29, 1.82) is 0 Å². The highest BCUT2D eigenvalue weighted by molar-refractivity contribution is 7.26. The highest BCUT2D eigenvalue weighted by Gasteiger charge is 2.42. The fraction of sp³-hybridized carbons (Fsp3) is 0.273. The van der Waals surface area contributed by atoms with Crippen molar-refractivity contribution < 1.29 is 0 Å². The third kappa shape index (κ3) is 2.31. The second-order valence-electron chi connectivity index (χ2n) is 7.88. The largest absolute Gasteiger partial charge is 0.242 e. The Bertz CT molecular complexity index is 1380. The molecule has 1 aliphatic carbocycles. The quantitative estimate of drug-likeness (QED) is 0.425. The Morgan fingerprint density at radius 3 is 2.68 bits per heavy atom. The number of fused-ring (bicyclic) bond motifs is 5. The van der Waals surface area contributed by atoms with Crippen LogP contribution in [0.2, 0.25) is 0 Å². The summed E-state index contributed by atoms with van der Waals surface area (Å²) >= 11 is 1.67. The number of rotatable bonds is 2. The lowest BCUT2D eigenvalue weighted by molar-refractivity contribution is 0.850. The van der Waals surface area contributed by atoms with Crippen molar-refractivity contribution in [2.45, 2.75) is 39.0 Å². The van der Waals surface area contributed by atoms with Crippen LogP contribution in [0, 0.1) is 20.8 Å². The van der Waals surface area contributed by atoms with E-state index in [1.54, 1.807) is 17.7 Å². The van der Waals surface area contributed by atoms with E-state index in [-0.39, 0.29) is 0 Å². The second-order valence-corrected chi connectivity index (χ2v) is 8.88. The number of hydrogen-bond donors (Lipinski definition) is 0. The molecule has 0 radical (unpaired) electrons. The number of aromatic nitrogens is 5. The molecular formula is C22H19N5S. The van der Waals surface area contributed by atoms with Gasteiger partial charge < -0.3 is 0 Å². The maximum absolute atomic E-state index is 4.94. The minimum absolute atomic E-state index is 0.397. The Balaban J connectivity index is 1.47. The van der Waals surface area contributed by atoms with Crippen LogP contribution in [0.4, 0.5) is 0 Å². The fourth-order valence-corrected chi connectivity index (χ4v) is 5.43. The van der Waals surface area contributed by atoms with E-state index in [0.717, 1.165) is 44.0 Å². The van der Waals surface area contributed by atoms with Crippen molar-refractivity contribution in [1.82, 2.24) is 24.6 Å². The number of hydrogen-bond acceptors (Lipinski definition) is 5. The number of aryl methyl sites for hydroxylation is 3. The van der Waals surface area contributed by atoms with Crippen LogP contribution < -0.4 is 0 Å². The molecule has 0 N–H and O–H groups in total. The van der Waals surface area contributed by atoms with Crippen LogP contribution in [0.25, 0.3) is 26.1 Å². The molecule has 4 heterocycles. The van der Waals surface area contributed by atoms with E-state index >= 15 is 0 Å². The molecule has 0 bridgehead atoms. The van der Waals surface area contributed by atoms with Crippen LogP contribution in [0.3, 0.4) is 0 Å². The zero-order valence-corrected chi connectivity index (χ0v) is 16.8. The summed E-state index contributed by atoms with van der Waals surface area (Å²) < 4.78 is 2.91. The van der Waals surface area contributed by atoms with Gasteiger partial charge in [0.25, 0.3) is 0 Å². The smallest absolute Gasteiger partial charge is 0.176 e. The molecule has 1 aliphatic rings. The molecule has 0 spiro atoms. The standard InChI is InChI=1S/C22H19N5S/c1-11-4-6-14(7-5-11)15-9-16(15)20-25-21-19-18(23-10-27(21)26-20)17-12(2)8-13(3)24-22(17)28-19/h4-8,10,15-16H,9H2,1-3H3/t15-,16+/m1/s1. The summed E-state index contributed by atoms with van der Waals surface area (Å²) in [4.78, 5) is 15.4. The van der Waals surface area contributed by atoms with E-state index in [0.29, 0.717) is 11.8 Å². The van der Waals surface area contributed by atoms with Crippen LogP contribution in [-0.4, -0.2) is 24.6 Å². The summed E-state index contributed by atoms with van der Waals surface area (Å²) in [7, 11) is 0. The summed E-state index contributed by atoms with van der Waals surface area (Å²) in [5, 5.41) is 5.90. The molecule has 28 heavy (non-hydrogen) atoms.